The van der Waals surface area contributed by atoms with Crippen LogP contribution in [0.3, 0.4) is 0 Å². The van der Waals surface area contributed by atoms with E-state index in [1.54, 1.807) is 7.11 Å². The van der Waals surface area contributed by atoms with Crippen molar-refractivity contribution in [2.45, 2.75) is 38.8 Å². The minimum Gasteiger partial charge on any atom is -0.496 e. The van der Waals surface area contributed by atoms with Gasteiger partial charge in [-0.1, -0.05) is 36.4 Å². The Labute approximate surface area is 165 Å². The Morgan fingerprint density at radius 1 is 1.11 bits per heavy atom. The summed E-state index contributed by atoms with van der Waals surface area (Å²) in [6.45, 7) is 6.14. The highest BCUT2D eigenvalue weighted by molar-refractivity contribution is 6.01. The lowest BCUT2D eigenvalue weighted by atomic mass is 9.89. The van der Waals surface area contributed by atoms with E-state index in [0.717, 1.165) is 27.6 Å². The van der Waals surface area contributed by atoms with Crippen LogP contribution < -0.4 is 14.8 Å². The number of rotatable bonds is 3. The highest BCUT2D eigenvalue weighted by atomic mass is 16.5. The summed E-state index contributed by atoms with van der Waals surface area (Å²) in [5, 5.41) is 5.26. The molecule has 144 valence electrons. The zero-order chi connectivity index (χ0) is 19.9. The van der Waals surface area contributed by atoms with Gasteiger partial charge in [0.15, 0.2) is 0 Å². The quantitative estimate of drug-likeness (QED) is 0.685. The summed E-state index contributed by atoms with van der Waals surface area (Å²) in [4.78, 5) is 13.2. The van der Waals surface area contributed by atoms with E-state index in [9.17, 15) is 4.79 Å². The molecule has 1 amide bonds. The molecule has 4 rings (SSSR count). The van der Waals surface area contributed by atoms with Crippen LogP contribution in [0, 0.1) is 6.92 Å². The van der Waals surface area contributed by atoms with Gasteiger partial charge in [-0.15, -0.1) is 0 Å². The molecular formula is C24H25NO3. The maximum atomic E-state index is 13.2. The van der Waals surface area contributed by atoms with Crippen molar-refractivity contribution in [1.82, 2.24) is 5.32 Å². The van der Waals surface area contributed by atoms with Crippen LogP contribution in [0.2, 0.25) is 0 Å². The number of benzene rings is 3. The van der Waals surface area contributed by atoms with Crippen LogP contribution in [0.4, 0.5) is 0 Å². The summed E-state index contributed by atoms with van der Waals surface area (Å²) in [6.07, 6.45) is 0.699. The van der Waals surface area contributed by atoms with Gasteiger partial charge in [-0.3, -0.25) is 4.79 Å². The van der Waals surface area contributed by atoms with E-state index in [-0.39, 0.29) is 17.6 Å². The molecule has 1 heterocycles. The Morgan fingerprint density at radius 3 is 2.54 bits per heavy atom. The van der Waals surface area contributed by atoms with Gasteiger partial charge in [-0.05, 0) is 55.3 Å². The summed E-state index contributed by atoms with van der Waals surface area (Å²) in [7, 11) is 1.59. The lowest BCUT2D eigenvalue weighted by Gasteiger charge is -2.38. The molecule has 0 saturated carbocycles. The molecule has 0 aliphatic carbocycles. The number of aryl methyl sites for hydroxylation is 1. The van der Waals surface area contributed by atoms with Crippen molar-refractivity contribution in [2.75, 3.05) is 7.11 Å². The van der Waals surface area contributed by atoms with Crippen molar-refractivity contribution in [2.24, 2.45) is 0 Å². The number of amides is 1. The maximum absolute atomic E-state index is 13.2. The molecule has 0 fully saturated rings. The lowest BCUT2D eigenvalue weighted by molar-refractivity contribution is 0.0618. The van der Waals surface area contributed by atoms with Gasteiger partial charge in [-0.2, -0.15) is 0 Å². The molecule has 1 aliphatic rings. The molecular weight excluding hydrogens is 350 g/mol. The Hall–Kier alpha value is -3.01. The lowest BCUT2D eigenvalue weighted by Crippen LogP contribution is -2.41. The normalized spacial score (nSPS) is 17.5. The van der Waals surface area contributed by atoms with Gasteiger partial charge in [0.2, 0.25) is 0 Å². The van der Waals surface area contributed by atoms with Crippen molar-refractivity contribution < 1.29 is 14.3 Å². The van der Waals surface area contributed by atoms with E-state index >= 15 is 0 Å². The first kappa shape index (κ1) is 18.4. The Kier molecular flexibility index (Phi) is 4.50. The molecule has 28 heavy (non-hydrogen) atoms. The largest absolute Gasteiger partial charge is 0.496 e. The smallest absolute Gasteiger partial charge is 0.255 e. The van der Waals surface area contributed by atoms with E-state index in [4.69, 9.17) is 9.47 Å². The third kappa shape index (κ3) is 3.42. The first-order chi connectivity index (χ1) is 13.4. The average molecular weight is 375 g/mol. The number of ether oxygens (including phenoxy) is 2. The third-order valence-corrected chi connectivity index (χ3v) is 5.24. The zero-order valence-electron chi connectivity index (χ0n) is 16.7. The molecule has 3 aromatic rings. The van der Waals surface area contributed by atoms with E-state index < -0.39 is 0 Å². The second kappa shape index (κ2) is 6.86. The Morgan fingerprint density at radius 2 is 1.82 bits per heavy atom. The van der Waals surface area contributed by atoms with Gasteiger partial charge >= 0.3 is 0 Å². The van der Waals surface area contributed by atoms with Crippen molar-refractivity contribution >= 4 is 16.7 Å². The van der Waals surface area contributed by atoms with Gasteiger partial charge in [0.05, 0.1) is 18.7 Å². The average Bonchev–Trinajstić information content (AvgIpc) is 2.65. The molecule has 0 unspecified atom stereocenters. The molecule has 0 saturated heterocycles. The highest BCUT2D eigenvalue weighted by Crippen LogP contribution is 2.40. The van der Waals surface area contributed by atoms with Gasteiger partial charge in [-0.25, -0.2) is 0 Å². The van der Waals surface area contributed by atoms with Gasteiger partial charge < -0.3 is 14.8 Å². The number of nitrogens with one attached hydrogen (secondary N) is 1. The minimum atomic E-state index is -0.355. The fraction of sp³-hybridized carbons (Fsp3) is 0.292. The molecule has 0 spiro atoms. The number of fused-ring (bicyclic) bond motifs is 2. The second-order valence-electron chi connectivity index (χ2n) is 8.03. The zero-order valence-corrected chi connectivity index (χ0v) is 16.7. The third-order valence-electron chi connectivity index (χ3n) is 5.24. The number of hydrogen-bond donors (Lipinski definition) is 1. The molecule has 4 heteroatoms. The molecule has 1 aliphatic heterocycles. The summed E-state index contributed by atoms with van der Waals surface area (Å²) < 4.78 is 11.6. The van der Waals surface area contributed by atoms with Crippen LogP contribution in [0.5, 0.6) is 11.5 Å². The van der Waals surface area contributed by atoms with Crippen molar-refractivity contribution in [3.05, 3.63) is 71.3 Å². The van der Waals surface area contributed by atoms with Crippen molar-refractivity contribution in [1.29, 1.82) is 0 Å². The Bertz CT molecular complexity index is 1050. The molecule has 3 aromatic carbocycles. The molecule has 0 radical (unpaired) electrons. The van der Waals surface area contributed by atoms with Crippen LogP contribution in [-0.4, -0.2) is 18.6 Å². The fourth-order valence-electron chi connectivity index (χ4n) is 3.89. The first-order valence-corrected chi connectivity index (χ1v) is 9.53. The number of methoxy groups -OCH3 is 1. The first-order valence-electron chi connectivity index (χ1n) is 9.53. The van der Waals surface area contributed by atoms with E-state index in [1.807, 2.05) is 69.3 Å². The summed E-state index contributed by atoms with van der Waals surface area (Å²) in [6, 6.07) is 17.8. The van der Waals surface area contributed by atoms with Crippen molar-refractivity contribution in [3.8, 4) is 11.5 Å². The standard InChI is InChI=1S/C24H25NO3/c1-15-9-10-18-20(14-24(2,3)28-22(18)11-15)25-23(26)19-12-16-7-5-6-8-17(16)13-21(19)27-4/h5-13,20H,14H2,1-4H3,(H,25,26)/t20-/m1/s1. The molecule has 1 N–H and O–H groups in total. The van der Waals surface area contributed by atoms with Gasteiger partial charge in [0.25, 0.3) is 5.91 Å². The van der Waals surface area contributed by atoms with Crippen LogP contribution in [0.15, 0.2) is 54.6 Å². The van der Waals surface area contributed by atoms with Crippen molar-refractivity contribution in [3.63, 3.8) is 0 Å². The predicted molar refractivity (Wildman–Crippen MR) is 111 cm³/mol. The summed E-state index contributed by atoms with van der Waals surface area (Å²) in [5.41, 5.74) is 2.33. The summed E-state index contributed by atoms with van der Waals surface area (Å²) >= 11 is 0. The minimum absolute atomic E-state index is 0.122. The fourth-order valence-corrected chi connectivity index (χ4v) is 3.89. The topological polar surface area (TPSA) is 47.6 Å². The monoisotopic (exact) mass is 375 g/mol. The maximum Gasteiger partial charge on any atom is 0.255 e. The van der Waals surface area contributed by atoms with E-state index in [0.29, 0.717) is 17.7 Å². The number of carbonyl (C=O) groups excluding carboxylic acids is 1. The van der Waals surface area contributed by atoms with E-state index in [2.05, 4.69) is 11.4 Å². The molecule has 0 aromatic heterocycles. The predicted octanol–water partition coefficient (Wildman–Crippen LogP) is 5.19. The summed E-state index contributed by atoms with van der Waals surface area (Å²) in [5.74, 6) is 1.27. The number of carbonyl (C=O) groups is 1. The van der Waals surface area contributed by atoms with Crippen LogP contribution in [-0.2, 0) is 0 Å². The van der Waals surface area contributed by atoms with Gasteiger partial charge in [0, 0.05) is 12.0 Å². The molecule has 4 nitrogen and oxygen atoms in total. The van der Waals surface area contributed by atoms with E-state index in [1.165, 1.54) is 0 Å². The van der Waals surface area contributed by atoms with Crippen LogP contribution in [0.25, 0.3) is 10.8 Å². The second-order valence-corrected chi connectivity index (χ2v) is 8.03. The van der Waals surface area contributed by atoms with Crippen LogP contribution >= 0.6 is 0 Å². The molecule has 0 bridgehead atoms. The SMILES string of the molecule is COc1cc2ccccc2cc1C(=O)N[C@@H]1CC(C)(C)Oc2cc(C)ccc21. The Balaban J connectivity index is 1.70. The molecule has 1 atom stereocenters. The number of hydrogen-bond acceptors (Lipinski definition) is 3. The highest BCUT2D eigenvalue weighted by Gasteiger charge is 2.35. The van der Waals surface area contributed by atoms with Gasteiger partial charge in [0.1, 0.15) is 17.1 Å². The van der Waals surface area contributed by atoms with Crippen LogP contribution in [0.1, 0.15) is 47.8 Å².